The summed E-state index contributed by atoms with van der Waals surface area (Å²) in [7, 11) is 0. The highest BCUT2D eigenvalue weighted by Crippen LogP contribution is 2.30. The average molecular weight is 209 g/mol. The van der Waals surface area contributed by atoms with E-state index in [-0.39, 0.29) is 6.04 Å². The third-order valence-corrected chi connectivity index (χ3v) is 4.03. The van der Waals surface area contributed by atoms with E-state index in [9.17, 15) is 4.79 Å². The topological polar surface area (TPSA) is 20.3 Å². The van der Waals surface area contributed by atoms with Crippen molar-refractivity contribution in [2.45, 2.75) is 64.5 Å². The molecule has 2 unspecified atom stereocenters. The van der Waals surface area contributed by atoms with Crippen LogP contribution in [0.5, 0.6) is 0 Å². The predicted octanol–water partition coefficient (Wildman–Crippen LogP) is 2.62. The monoisotopic (exact) mass is 209 g/mol. The van der Waals surface area contributed by atoms with Crippen LogP contribution in [-0.4, -0.2) is 29.3 Å². The summed E-state index contributed by atoms with van der Waals surface area (Å²) >= 11 is 0. The van der Waals surface area contributed by atoms with Crippen LogP contribution in [0.3, 0.4) is 0 Å². The van der Waals surface area contributed by atoms with E-state index >= 15 is 0 Å². The fourth-order valence-corrected chi connectivity index (χ4v) is 3.23. The van der Waals surface area contributed by atoms with Gasteiger partial charge in [-0.2, -0.15) is 0 Å². The molecule has 2 aliphatic rings. The van der Waals surface area contributed by atoms with Gasteiger partial charge in [0.05, 0.1) is 6.04 Å². The predicted molar refractivity (Wildman–Crippen MR) is 61.8 cm³/mol. The smallest absolute Gasteiger partial charge is 0.149 e. The Kier molecular flexibility index (Phi) is 3.45. The van der Waals surface area contributed by atoms with Crippen LogP contribution in [0.25, 0.3) is 0 Å². The van der Waals surface area contributed by atoms with Crippen molar-refractivity contribution in [2.24, 2.45) is 5.92 Å². The maximum atomic E-state index is 11.9. The molecule has 1 aliphatic heterocycles. The molecule has 0 radical (unpaired) electrons. The molecule has 2 rings (SSSR count). The first-order valence-corrected chi connectivity index (χ1v) is 6.48. The number of hydrogen-bond acceptors (Lipinski definition) is 2. The van der Waals surface area contributed by atoms with Crippen LogP contribution in [0.1, 0.15) is 52.4 Å². The minimum atomic E-state index is 0.272. The van der Waals surface area contributed by atoms with Gasteiger partial charge in [0.15, 0.2) is 0 Å². The number of likely N-dealkylation sites (tertiary alicyclic amines) is 1. The van der Waals surface area contributed by atoms with E-state index in [1.807, 2.05) is 0 Å². The Hall–Kier alpha value is -0.370. The summed E-state index contributed by atoms with van der Waals surface area (Å²) in [6, 6.07) is 0.936. The number of hydrogen-bond donors (Lipinski definition) is 0. The second kappa shape index (κ2) is 4.65. The normalized spacial score (nSPS) is 33.9. The van der Waals surface area contributed by atoms with Crippen molar-refractivity contribution >= 4 is 5.78 Å². The molecule has 86 valence electrons. The summed E-state index contributed by atoms with van der Waals surface area (Å²) in [6.07, 6.45) is 6.88. The Morgan fingerprint density at radius 2 is 2.00 bits per heavy atom. The van der Waals surface area contributed by atoms with Gasteiger partial charge < -0.3 is 0 Å². The SMILES string of the molecule is CC(C)C1CCCN1C1CCCCC1=O. The van der Waals surface area contributed by atoms with Gasteiger partial charge in [-0.3, -0.25) is 9.69 Å². The highest BCUT2D eigenvalue weighted by molar-refractivity contribution is 5.84. The van der Waals surface area contributed by atoms with Gasteiger partial charge in [0.2, 0.25) is 0 Å². The third-order valence-electron chi connectivity index (χ3n) is 4.03. The van der Waals surface area contributed by atoms with Crippen LogP contribution >= 0.6 is 0 Å². The van der Waals surface area contributed by atoms with Gasteiger partial charge in [-0.05, 0) is 38.1 Å². The lowest BCUT2D eigenvalue weighted by Gasteiger charge is -2.36. The van der Waals surface area contributed by atoms with Crippen molar-refractivity contribution in [3.8, 4) is 0 Å². The summed E-state index contributed by atoms with van der Waals surface area (Å²) in [4.78, 5) is 14.4. The molecular formula is C13H23NO. The Balaban J connectivity index is 2.04. The molecule has 0 aromatic carbocycles. The fraction of sp³-hybridized carbons (Fsp3) is 0.923. The van der Waals surface area contributed by atoms with Gasteiger partial charge in [-0.25, -0.2) is 0 Å². The molecule has 1 heterocycles. The summed E-state index contributed by atoms with van der Waals surface area (Å²) in [5.74, 6) is 1.20. The van der Waals surface area contributed by atoms with Crippen LogP contribution in [0, 0.1) is 5.92 Å². The number of nitrogens with zero attached hydrogens (tertiary/aromatic N) is 1. The molecule has 0 amide bonds. The molecule has 2 nitrogen and oxygen atoms in total. The number of ketones is 1. The van der Waals surface area contributed by atoms with Crippen molar-refractivity contribution in [3.05, 3.63) is 0 Å². The standard InChI is InChI=1S/C13H23NO/c1-10(2)11-7-5-9-14(11)12-6-3-4-8-13(12)15/h10-12H,3-9H2,1-2H3. The van der Waals surface area contributed by atoms with Gasteiger partial charge in [0, 0.05) is 12.5 Å². The van der Waals surface area contributed by atoms with Gasteiger partial charge in [0.1, 0.15) is 5.78 Å². The van der Waals surface area contributed by atoms with Gasteiger partial charge >= 0.3 is 0 Å². The summed E-state index contributed by atoms with van der Waals surface area (Å²) in [5, 5.41) is 0. The molecule has 0 bridgehead atoms. The Bertz CT molecular complexity index is 237. The Morgan fingerprint density at radius 3 is 2.67 bits per heavy atom. The summed E-state index contributed by atoms with van der Waals surface area (Å²) in [5.41, 5.74) is 0. The van der Waals surface area contributed by atoms with Crippen LogP contribution in [0.15, 0.2) is 0 Å². The first kappa shape index (κ1) is 11.1. The Morgan fingerprint density at radius 1 is 1.20 bits per heavy atom. The number of carbonyl (C=O) groups is 1. The Labute approximate surface area is 93.0 Å². The lowest BCUT2D eigenvalue weighted by Crippen LogP contribution is -2.47. The highest BCUT2D eigenvalue weighted by Gasteiger charge is 2.36. The van der Waals surface area contributed by atoms with Crippen LogP contribution in [-0.2, 0) is 4.79 Å². The summed E-state index contributed by atoms with van der Waals surface area (Å²) in [6.45, 7) is 5.73. The van der Waals surface area contributed by atoms with E-state index in [4.69, 9.17) is 0 Å². The van der Waals surface area contributed by atoms with E-state index in [2.05, 4.69) is 18.7 Å². The van der Waals surface area contributed by atoms with E-state index in [1.54, 1.807) is 0 Å². The third kappa shape index (κ3) is 2.25. The van der Waals surface area contributed by atoms with Crippen LogP contribution in [0.4, 0.5) is 0 Å². The molecule has 1 aliphatic carbocycles. The minimum Gasteiger partial charge on any atom is -0.298 e. The number of rotatable bonds is 2. The van der Waals surface area contributed by atoms with E-state index in [0.717, 1.165) is 25.8 Å². The number of carbonyl (C=O) groups excluding carboxylic acids is 1. The molecule has 15 heavy (non-hydrogen) atoms. The molecular weight excluding hydrogens is 186 g/mol. The van der Waals surface area contributed by atoms with E-state index in [0.29, 0.717) is 17.7 Å². The molecule has 2 heteroatoms. The average Bonchev–Trinajstić information content (AvgIpc) is 2.67. The van der Waals surface area contributed by atoms with Gasteiger partial charge in [0.25, 0.3) is 0 Å². The number of Topliss-reactive ketones (excluding diaryl/α,β-unsaturated/α-hetero) is 1. The molecule has 2 atom stereocenters. The lowest BCUT2D eigenvalue weighted by atomic mass is 9.91. The van der Waals surface area contributed by atoms with Crippen LogP contribution < -0.4 is 0 Å². The quantitative estimate of drug-likeness (QED) is 0.697. The first-order valence-electron chi connectivity index (χ1n) is 6.48. The molecule has 1 saturated heterocycles. The van der Waals surface area contributed by atoms with E-state index in [1.165, 1.54) is 19.3 Å². The van der Waals surface area contributed by atoms with Crippen molar-refractivity contribution in [1.29, 1.82) is 0 Å². The van der Waals surface area contributed by atoms with Crippen molar-refractivity contribution < 1.29 is 4.79 Å². The highest BCUT2D eigenvalue weighted by atomic mass is 16.1. The zero-order valence-corrected chi connectivity index (χ0v) is 10.0. The van der Waals surface area contributed by atoms with Crippen molar-refractivity contribution in [3.63, 3.8) is 0 Å². The van der Waals surface area contributed by atoms with Crippen molar-refractivity contribution in [1.82, 2.24) is 4.90 Å². The minimum absolute atomic E-state index is 0.272. The lowest BCUT2D eigenvalue weighted by molar-refractivity contribution is -0.126. The fourth-order valence-electron chi connectivity index (χ4n) is 3.23. The zero-order chi connectivity index (χ0) is 10.8. The van der Waals surface area contributed by atoms with Gasteiger partial charge in [-0.15, -0.1) is 0 Å². The summed E-state index contributed by atoms with van der Waals surface area (Å²) < 4.78 is 0. The molecule has 0 N–H and O–H groups in total. The second-order valence-corrected chi connectivity index (χ2v) is 5.42. The van der Waals surface area contributed by atoms with E-state index < -0.39 is 0 Å². The maximum Gasteiger partial charge on any atom is 0.149 e. The van der Waals surface area contributed by atoms with Gasteiger partial charge in [-0.1, -0.05) is 20.3 Å². The molecule has 0 aromatic rings. The largest absolute Gasteiger partial charge is 0.298 e. The van der Waals surface area contributed by atoms with Crippen molar-refractivity contribution in [2.75, 3.05) is 6.54 Å². The molecule has 1 saturated carbocycles. The molecule has 0 spiro atoms. The first-order chi connectivity index (χ1) is 7.20. The zero-order valence-electron chi connectivity index (χ0n) is 10.0. The molecule has 0 aromatic heterocycles. The van der Waals surface area contributed by atoms with Crippen LogP contribution in [0.2, 0.25) is 0 Å². The maximum absolute atomic E-state index is 11.9. The second-order valence-electron chi connectivity index (χ2n) is 5.42. The molecule has 2 fully saturated rings.